The van der Waals surface area contributed by atoms with Crippen molar-refractivity contribution < 1.29 is 14.3 Å². The highest BCUT2D eigenvalue weighted by molar-refractivity contribution is 9.10. The summed E-state index contributed by atoms with van der Waals surface area (Å²) in [6, 6.07) is 15.3. The predicted octanol–water partition coefficient (Wildman–Crippen LogP) is 4.04. The van der Waals surface area contributed by atoms with Gasteiger partial charge < -0.3 is 15.4 Å². The molecule has 150 valence electrons. The lowest BCUT2D eigenvalue weighted by atomic mass is 10.1. The molecule has 2 aromatic carbocycles. The zero-order chi connectivity index (χ0) is 20.5. The van der Waals surface area contributed by atoms with E-state index in [1.165, 1.54) is 0 Å². The van der Waals surface area contributed by atoms with Crippen LogP contribution in [0.25, 0.3) is 0 Å². The van der Waals surface area contributed by atoms with Gasteiger partial charge in [-0.1, -0.05) is 60.1 Å². The van der Waals surface area contributed by atoms with E-state index in [4.69, 9.17) is 10.5 Å². The average Bonchev–Trinajstić information content (AvgIpc) is 2.67. The number of rotatable bonds is 10. The maximum Gasteiger partial charge on any atom is 0.257 e. The molecular formula is C22H27BrN2O3. The van der Waals surface area contributed by atoms with Gasteiger partial charge in [0.2, 0.25) is 5.91 Å². The maximum absolute atomic E-state index is 13.3. The van der Waals surface area contributed by atoms with E-state index in [1.54, 1.807) is 17.0 Å². The lowest BCUT2D eigenvalue weighted by Crippen LogP contribution is -2.36. The smallest absolute Gasteiger partial charge is 0.257 e. The van der Waals surface area contributed by atoms with Gasteiger partial charge in [-0.25, -0.2) is 0 Å². The summed E-state index contributed by atoms with van der Waals surface area (Å²) in [4.78, 5) is 26.2. The Morgan fingerprint density at radius 1 is 1.11 bits per heavy atom. The third-order valence-electron chi connectivity index (χ3n) is 4.17. The van der Waals surface area contributed by atoms with Crippen molar-refractivity contribution in [3.05, 3.63) is 64.1 Å². The highest BCUT2D eigenvalue weighted by atomic mass is 79.9. The quantitative estimate of drug-likeness (QED) is 0.598. The topological polar surface area (TPSA) is 72.6 Å². The molecule has 0 unspecified atom stereocenters. The molecule has 0 bridgehead atoms. The Hall–Kier alpha value is -2.34. The molecule has 28 heavy (non-hydrogen) atoms. The Balaban J connectivity index is 2.22. The van der Waals surface area contributed by atoms with Gasteiger partial charge in [0.1, 0.15) is 5.75 Å². The average molecular weight is 447 g/mol. The van der Waals surface area contributed by atoms with Crippen molar-refractivity contribution in [3.63, 3.8) is 0 Å². The van der Waals surface area contributed by atoms with E-state index in [9.17, 15) is 9.59 Å². The summed E-state index contributed by atoms with van der Waals surface area (Å²) in [7, 11) is 0. The Morgan fingerprint density at radius 3 is 2.46 bits per heavy atom. The summed E-state index contributed by atoms with van der Waals surface area (Å²) in [5.41, 5.74) is 6.92. The Bertz CT molecular complexity index is 794. The molecule has 2 aromatic rings. The summed E-state index contributed by atoms with van der Waals surface area (Å²) >= 11 is 3.43. The number of hydrogen-bond acceptors (Lipinski definition) is 3. The summed E-state index contributed by atoms with van der Waals surface area (Å²) in [6.45, 7) is 5.40. The molecule has 6 heteroatoms. The second kappa shape index (κ2) is 10.9. The highest BCUT2D eigenvalue weighted by Crippen LogP contribution is 2.25. The maximum atomic E-state index is 13.3. The molecule has 2 N–H and O–H groups in total. The predicted molar refractivity (Wildman–Crippen MR) is 114 cm³/mol. The van der Waals surface area contributed by atoms with Crippen molar-refractivity contribution in [1.29, 1.82) is 0 Å². The molecule has 2 rings (SSSR count). The minimum Gasteiger partial charge on any atom is -0.492 e. The minimum atomic E-state index is -0.428. The van der Waals surface area contributed by atoms with Crippen LogP contribution >= 0.6 is 15.9 Å². The molecule has 0 spiro atoms. The van der Waals surface area contributed by atoms with Crippen LogP contribution in [-0.4, -0.2) is 36.4 Å². The van der Waals surface area contributed by atoms with Gasteiger partial charge in [-0.05, 0) is 36.1 Å². The number of benzene rings is 2. The number of hydrogen-bond donors (Lipinski definition) is 1. The third kappa shape index (κ3) is 7.00. The second-order valence-corrected chi connectivity index (χ2v) is 8.01. The summed E-state index contributed by atoms with van der Waals surface area (Å²) in [5, 5.41) is 0. The van der Waals surface area contributed by atoms with Crippen LogP contribution in [0.5, 0.6) is 5.75 Å². The first-order valence-corrected chi connectivity index (χ1v) is 10.2. The van der Waals surface area contributed by atoms with Crippen molar-refractivity contribution in [2.45, 2.75) is 26.7 Å². The Kier molecular flexibility index (Phi) is 8.51. The number of nitrogens with two attached hydrogens (primary N) is 1. The Morgan fingerprint density at radius 2 is 1.82 bits per heavy atom. The molecule has 0 aromatic heterocycles. The summed E-state index contributed by atoms with van der Waals surface area (Å²) < 4.78 is 6.65. The summed E-state index contributed by atoms with van der Waals surface area (Å²) in [6.07, 6.45) is 0.818. The zero-order valence-electron chi connectivity index (χ0n) is 16.4. The van der Waals surface area contributed by atoms with Crippen LogP contribution in [-0.2, 0) is 11.2 Å². The molecule has 0 fully saturated rings. The van der Waals surface area contributed by atoms with Crippen LogP contribution in [0.15, 0.2) is 53.0 Å². The van der Waals surface area contributed by atoms with Crippen molar-refractivity contribution in [2.75, 3.05) is 19.7 Å². The molecule has 0 saturated carbocycles. The van der Waals surface area contributed by atoms with Gasteiger partial charge in [0.25, 0.3) is 5.91 Å². The minimum absolute atomic E-state index is 0.122. The fourth-order valence-corrected chi connectivity index (χ4v) is 3.05. The van der Waals surface area contributed by atoms with Crippen LogP contribution in [0, 0.1) is 5.92 Å². The van der Waals surface area contributed by atoms with E-state index in [0.29, 0.717) is 36.8 Å². The van der Waals surface area contributed by atoms with Crippen molar-refractivity contribution in [2.24, 2.45) is 11.7 Å². The number of primary amides is 1. The standard InChI is InChI=1S/C22H27BrN2O3/c1-16(2)15-28-20-9-8-18(23)14-19(20)22(27)25(13-11-21(24)26)12-10-17-6-4-3-5-7-17/h3-9,14,16H,10-13,15H2,1-2H3,(H2,24,26). The molecule has 0 saturated heterocycles. The van der Waals surface area contributed by atoms with Crippen molar-refractivity contribution >= 4 is 27.7 Å². The zero-order valence-corrected chi connectivity index (χ0v) is 17.9. The molecule has 2 amide bonds. The van der Waals surface area contributed by atoms with Crippen LogP contribution in [0.1, 0.15) is 36.2 Å². The molecule has 0 radical (unpaired) electrons. The molecule has 0 atom stereocenters. The number of nitrogens with zero attached hydrogens (tertiary/aromatic N) is 1. The number of amides is 2. The van der Waals surface area contributed by atoms with Gasteiger partial charge in [-0.2, -0.15) is 0 Å². The van der Waals surface area contributed by atoms with Gasteiger partial charge in [-0.3, -0.25) is 9.59 Å². The van der Waals surface area contributed by atoms with E-state index >= 15 is 0 Å². The second-order valence-electron chi connectivity index (χ2n) is 7.09. The number of carbonyl (C=O) groups is 2. The number of carbonyl (C=O) groups excluding carboxylic acids is 2. The number of halogens is 1. The van der Waals surface area contributed by atoms with Gasteiger partial charge in [-0.15, -0.1) is 0 Å². The van der Waals surface area contributed by atoms with E-state index in [0.717, 1.165) is 10.0 Å². The van der Waals surface area contributed by atoms with Gasteiger partial charge in [0.15, 0.2) is 0 Å². The van der Waals surface area contributed by atoms with Crippen LogP contribution in [0.4, 0.5) is 0 Å². The summed E-state index contributed by atoms with van der Waals surface area (Å²) in [5.74, 6) is 0.293. The van der Waals surface area contributed by atoms with E-state index in [2.05, 4.69) is 29.8 Å². The van der Waals surface area contributed by atoms with Crippen LogP contribution in [0.3, 0.4) is 0 Å². The van der Waals surface area contributed by atoms with E-state index in [-0.39, 0.29) is 18.9 Å². The third-order valence-corrected chi connectivity index (χ3v) is 4.67. The highest BCUT2D eigenvalue weighted by Gasteiger charge is 2.21. The SMILES string of the molecule is CC(C)COc1ccc(Br)cc1C(=O)N(CCC(N)=O)CCc1ccccc1. The first-order valence-electron chi connectivity index (χ1n) is 9.40. The van der Waals surface area contributed by atoms with Gasteiger partial charge in [0.05, 0.1) is 12.2 Å². The molecule has 0 heterocycles. The van der Waals surface area contributed by atoms with Crippen molar-refractivity contribution in [1.82, 2.24) is 4.90 Å². The molecule has 0 aliphatic carbocycles. The van der Waals surface area contributed by atoms with Gasteiger partial charge in [0, 0.05) is 24.0 Å². The fourth-order valence-electron chi connectivity index (χ4n) is 2.69. The molecule has 0 aliphatic heterocycles. The van der Waals surface area contributed by atoms with Crippen LogP contribution in [0.2, 0.25) is 0 Å². The van der Waals surface area contributed by atoms with E-state index in [1.807, 2.05) is 36.4 Å². The normalized spacial score (nSPS) is 10.7. The molecule has 0 aliphatic rings. The largest absolute Gasteiger partial charge is 0.492 e. The monoisotopic (exact) mass is 446 g/mol. The van der Waals surface area contributed by atoms with E-state index < -0.39 is 5.91 Å². The molecule has 5 nitrogen and oxygen atoms in total. The Labute approximate surface area is 175 Å². The van der Waals surface area contributed by atoms with Gasteiger partial charge >= 0.3 is 0 Å². The fraction of sp³-hybridized carbons (Fsp3) is 0.364. The molecular weight excluding hydrogens is 420 g/mol. The first kappa shape index (κ1) is 22.0. The van der Waals surface area contributed by atoms with Crippen LogP contribution < -0.4 is 10.5 Å². The number of ether oxygens (including phenoxy) is 1. The lowest BCUT2D eigenvalue weighted by Gasteiger charge is -2.24. The first-order chi connectivity index (χ1) is 13.4. The lowest BCUT2D eigenvalue weighted by molar-refractivity contribution is -0.118. The van der Waals surface area contributed by atoms with Crippen molar-refractivity contribution in [3.8, 4) is 5.75 Å².